The maximum atomic E-state index is 3.41. The van der Waals surface area contributed by atoms with E-state index in [1.165, 1.54) is 5.70 Å². The van der Waals surface area contributed by atoms with Crippen molar-refractivity contribution in [3.63, 3.8) is 0 Å². The summed E-state index contributed by atoms with van der Waals surface area (Å²) in [6.07, 6.45) is 1.10. The topological polar surface area (TPSA) is 24.1 Å². The first-order valence-electron chi connectivity index (χ1n) is 4.09. The quantitative estimate of drug-likeness (QED) is 0.679. The van der Waals surface area contributed by atoms with Crippen molar-refractivity contribution in [3.8, 4) is 0 Å². The zero-order valence-electron chi connectivity index (χ0n) is 7.35. The number of nitrogens with one attached hydrogen (secondary N) is 2. The number of thioether (sulfide) groups is 1. The number of rotatable bonds is 3. The van der Waals surface area contributed by atoms with E-state index in [9.17, 15) is 0 Å². The Labute approximate surface area is 72.8 Å². The zero-order chi connectivity index (χ0) is 8.27. The molecule has 1 heterocycles. The second-order valence-corrected chi connectivity index (χ2v) is 3.96. The Bertz CT molecular complexity index is 154. The first-order valence-corrected chi connectivity index (χ1v) is 5.03. The van der Waals surface area contributed by atoms with Gasteiger partial charge in [0, 0.05) is 11.7 Å². The van der Waals surface area contributed by atoms with Crippen LogP contribution in [0.15, 0.2) is 11.1 Å². The molecule has 1 aliphatic heterocycles. The summed E-state index contributed by atoms with van der Waals surface area (Å²) in [6.45, 7) is 6.48. The third kappa shape index (κ3) is 2.75. The Morgan fingerprint density at radius 3 is 2.91 bits per heavy atom. The van der Waals surface area contributed by atoms with Gasteiger partial charge in [0.05, 0.1) is 0 Å². The van der Waals surface area contributed by atoms with Gasteiger partial charge in [-0.3, -0.25) is 5.32 Å². The first kappa shape index (κ1) is 8.94. The lowest BCUT2D eigenvalue weighted by atomic mass is 10.4. The molecule has 0 aromatic rings. The van der Waals surface area contributed by atoms with E-state index in [-0.39, 0.29) is 0 Å². The summed E-state index contributed by atoms with van der Waals surface area (Å²) in [6, 6.07) is 0.546. The lowest BCUT2D eigenvalue weighted by Crippen LogP contribution is -2.39. The van der Waals surface area contributed by atoms with Crippen LogP contribution < -0.4 is 10.6 Å². The van der Waals surface area contributed by atoms with Crippen LogP contribution in [0, 0.1) is 0 Å². The fourth-order valence-corrected chi connectivity index (χ4v) is 2.06. The normalized spacial score (nSPS) is 23.6. The van der Waals surface area contributed by atoms with Gasteiger partial charge in [0.25, 0.3) is 0 Å². The highest BCUT2D eigenvalue weighted by atomic mass is 32.2. The standard InChI is InChI=1S/C8H16N2S/c1-4-7-5-11-8(10-7)9-6(2)3/h5-6,8-10H,4H2,1-3H3. The molecule has 1 atom stereocenters. The van der Waals surface area contributed by atoms with Crippen LogP contribution in [0.1, 0.15) is 27.2 Å². The van der Waals surface area contributed by atoms with Gasteiger partial charge >= 0.3 is 0 Å². The van der Waals surface area contributed by atoms with Gasteiger partial charge in [-0.2, -0.15) is 0 Å². The Morgan fingerprint density at radius 2 is 2.45 bits per heavy atom. The molecule has 0 aliphatic carbocycles. The van der Waals surface area contributed by atoms with Gasteiger partial charge in [0.1, 0.15) is 5.50 Å². The molecule has 0 fully saturated rings. The van der Waals surface area contributed by atoms with E-state index in [0.717, 1.165) is 6.42 Å². The highest BCUT2D eigenvalue weighted by Crippen LogP contribution is 2.20. The fourth-order valence-electron chi connectivity index (χ4n) is 0.956. The van der Waals surface area contributed by atoms with Crippen LogP contribution in [0.5, 0.6) is 0 Å². The van der Waals surface area contributed by atoms with Crippen LogP contribution in [-0.2, 0) is 0 Å². The minimum absolute atomic E-state index is 0.393. The molecular weight excluding hydrogens is 156 g/mol. The number of hydrogen-bond donors (Lipinski definition) is 2. The highest BCUT2D eigenvalue weighted by Gasteiger charge is 2.14. The van der Waals surface area contributed by atoms with Crippen LogP contribution >= 0.6 is 11.8 Å². The molecule has 0 saturated carbocycles. The van der Waals surface area contributed by atoms with Crippen molar-refractivity contribution < 1.29 is 0 Å². The summed E-state index contributed by atoms with van der Waals surface area (Å²) in [4.78, 5) is 0. The van der Waals surface area contributed by atoms with Gasteiger partial charge < -0.3 is 5.32 Å². The second-order valence-electron chi connectivity index (χ2n) is 2.98. The van der Waals surface area contributed by atoms with Gasteiger partial charge in [-0.05, 0) is 25.7 Å². The van der Waals surface area contributed by atoms with Crippen molar-refractivity contribution in [2.75, 3.05) is 0 Å². The van der Waals surface area contributed by atoms with Crippen LogP contribution in [0.2, 0.25) is 0 Å². The largest absolute Gasteiger partial charge is 0.364 e. The number of hydrogen-bond acceptors (Lipinski definition) is 3. The van der Waals surface area contributed by atoms with Gasteiger partial charge in [0.2, 0.25) is 0 Å². The summed E-state index contributed by atoms with van der Waals surface area (Å²) in [7, 11) is 0. The lowest BCUT2D eigenvalue weighted by Gasteiger charge is -2.16. The van der Waals surface area contributed by atoms with Crippen molar-refractivity contribution in [3.05, 3.63) is 11.1 Å². The first-order chi connectivity index (χ1) is 5.22. The van der Waals surface area contributed by atoms with Gasteiger partial charge in [0.15, 0.2) is 0 Å². The molecular formula is C8H16N2S. The molecule has 0 amide bonds. The second kappa shape index (κ2) is 4.02. The predicted octanol–water partition coefficient (Wildman–Crippen LogP) is 1.86. The van der Waals surface area contributed by atoms with E-state index in [0.29, 0.717) is 11.5 Å². The van der Waals surface area contributed by atoms with E-state index in [2.05, 4.69) is 36.8 Å². The highest BCUT2D eigenvalue weighted by molar-refractivity contribution is 8.02. The Morgan fingerprint density at radius 1 is 1.73 bits per heavy atom. The smallest absolute Gasteiger partial charge is 0.129 e. The third-order valence-electron chi connectivity index (χ3n) is 1.53. The van der Waals surface area contributed by atoms with Crippen LogP contribution in [0.4, 0.5) is 0 Å². The molecule has 64 valence electrons. The van der Waals surface area contributed by atoms with Crippen molar-refractivity contribution in [2.24, 2.45) is 0 Å². The summed E-state index contributed by atoms with van der Waals surface area (Å²) >= 11 is 1.82. The molecule has 1 unspecified atom stereocenters. The maximum Gasteiger partial charge on any atom is 0.129 e. The van der Waals surface area contributed by atoms with E-state index >= 15 is 0 Å². The van der Waals surface area contributed by atoms with Crippen molar-refractivity contribution in [1.82, 2.24) is 10.6 Å². The third-order valence-corrected chi connectivity index (χ3v) is 2.48. The van der Waals surface area contributed by atoms with E-state index in [1.807, 2.05) is 11.8 Å². The average molecular weight is 172 g/mol. The molecule has 0 radical (unpaired) electrons. The summed E-state index contributed by atoms with van der Waals surface area (Å²) in [5.74, 6) is 0. The molecule has 2 nitrogen and oxygen atoms in total. The monoisotopic (exact) mass is 172 g/mol. The summed E-state index contributed by atoms with van der Waals surface area (Å²) in [5.41, 5.74) is 1.73. The summed E-state index contributed by atoms with van der Waals surface area (Å²) < 4.78 is 0. The van der Waals surface area contributed by atoms with Crippen molar-refractivity contribution in [1.29, 1.82) is 0 Å². The fraction of sp³-hybridized carbons (Fsp3) is 0.750. The molecule has 0 aromatic heterocycles. The molecule has 1 rings (SSSR count). The van der Waals surface area contributed by atoms with Crippen molar-refractivity contribution in [2.45, 2.75) is 38.7 Å². The van der Waals surface area contributed by atoms with Gasteiger partial charge in [-0.15, -0.1) is 0 Å². The SMILES string of the molecule is CCC1=CSC(NC(C)C)N1. The molecule has 2 N–H and O–H groups in total. The molecule has 11 heavy (non-hydrogen) atoms. The molecule has 0 spiro atoms. The van der Waals surface area contributed by atoms with Crippen molar-refractivity contribution >= 4 is 11.8 Å². The molecule has 0 saturated heterocycles. The Balaban J connectivity index is 2.24. The molecule has 3 heteroatoms. The van der Waals surface area contributed by atoms with E-state index < -0.39 is 0 Å². The molecule has 0 aromatic carbocycles. The van der Waals surface area contributed by atoms with Crippen LogP contribution in [0.3, 0.4) is 0 Å². The summed E-state index contributed by atoms with van der Waals surface area (Å²) in [5, 5.41) is 8.99. The van der Waals surface area contributed by atoms with E-state index in [4.69, 9.17) is 0 Å². The predicted molar refractivity (Wildman–Crippen MR) is 51.2 cm³/mol. The molecule has 0 bridgehead atoms. The number of allylic oxidation sites excluding steroid dienone is 1. The average Bonchev–Trinajstić information content (AvgIpc) is 2.34. The zero-order valence-corrected chi connectivity index (χ0v) is 8.16. The van der Waals surface area contributed by atoms with E-state index in [1.54, 1.807) is 0 Å². The lowest BCUT2D eigenvalue weighted by molar-refractivity contribution is 0.527. The Hall–Kier alpha value is -0.150. The van der Waals surface area contributed by atoms with Crippen LogP contribution in [0.25, 0.3) is 0 Å². The van der Waals surface area contributed by atoms with Gasteiger partial charge in [-0.25, -0.2) is 0 Å². The maximum absolute atomic E-state index is 3.41. The van der Waals surface area contributed by atoms with Crippen LogP contribution in [-0.4, -0.2) is 11.5 Å². The van der Waals surface area contributed by atoms with Gasteiger partial charge in [-0.1, -0.05) is 18.7 Å². The minimum atomic E-state index is 0.393. The molecule has 1 aliphatic rings. The Kier molecular flexibility index (Phi) is 3.27. The minimum Gasteiger partial charge on any atom is -0.364 e.